The van der Waals surface area contributed by atoms with Crippen molar-refractivity contribution in [3.63, 3.8) is 0 Å². The molecule has 1 heterocycles. The molecule has 0 radical (unpaired) electrons. The number of ether oxygens (including phenoxy) is 1. The third-order valence-corrected chi connectivity index (χ3v) is 2.92. The van der Waals surface area contributed by atoms with Crippen molar-refractivity contribution in [3.8, 4) is 5.75 Å². The standard InChI is InChI=1S/C13H8BrF2NO2/c14-13-11(5-2-6-17-13)19-7-10(18)12-8(15)3-1-4-9(12)16/h1-6H,7H2. The van der Waals surface area contributed by atoms with Crippen molar-refractivity contribution in [2.45, 2.75) is 0 Å². The lowest BCUT2D eigenvalue weighted by atomic mass is 10.1. The van der Waals surface area contributed by atoms with Gasteiger partial charge < -0.3 is 4.74 Å². The van der Waals surface area contributed by atoms with Crippen LogP contribution in [0.2, 0.25) is 0 Å². The number of pyridine rings is 1. The van der Waals surface area contributed by atoms with Crippen molar-refractivity contribution in [1.82, 2.24) is 4.98 Å². The number of nitrogens with zero attached hydrogens (tertiary/aromatic N) is 1. The van der Waals surface area contributed by atoms with Gasteiger partial charge in [0, 0.05) is 6.20 Å². The molecular formula is C13H8BrF2NO2. The first-order chi connectivity index (χ1) is 9.09. The molecule has 2 rings (SSSR count). The van der Waals surface area contributed by atoms with Gasteiger partial charge in [-0.15, -0.1) is 0 Å². The zero-order valence-electron chi connectivity index (χ0n) is 9.57. The summed E-state index contributed by atoms with van der Waals surface area (Å²) in [5, 5.41) is 0. The SMILES string of the molecule is O=C(COc1cccnc1Br)c1c(F)cccc1F. The minimum atomic E-state index is -0.904. The number of rotatable bonds is 4. The summed E-state index contributed by atoms with van der Waals surface area (Å²) in [5.74, 6) is -2.25. The van der Waals surface area contributed by atoms with Crippen LogP contribution >= 0.6 is 15.9 Å². The molecule has 6 heteroatoms. The predicted octanol–water partition coefficient (Wildman–Crippen LogP) is 3.38. The van der Waals surface area contributed by atoms with E-state index in [1.165, 1.54) is 12.3 Å². The van der Waals surface area contributed by atoms with Crippen LogP contribution in [0.1, 0.15) is 10.4 Å². The molecule has 19 heavy (non-hydrogen) atoms. The average Bonchev–Trinajstić information content (AvgIpc) is 2.37. The van der Waals surface area contributed by atoms with Gasteiger partial charge in [0.1, 0.15) is 16.2 Å². The van der Waals surface area contributed by atoms with Gasteiger partial charge in [-0.05, 0) is 40.2 Å². The number of benzene rings is 1. The van der Waals surface area contributed by atoms with Gasteiger partial charge in [0.05, 0.1) is 5.56 Å². The van der Waals surface area contributed by atoms with Gasteiger partial charge >= 0.3 is 0 Å². The molecule has 0 spiro atoms. The van der Waals surface area contributed by atoms with Crippen LogP contribution in [-0.2, 0) is 0 Å². The van der Waals surface area contributed by atoms with Crippen LogP contribution in [0.15, 0.2) is 41.1 Å². The van der Waals surface area contributed by atoms with E-state index in [9.17, 15) is 13.6 Å². The maximum atomic E-state index is 13.4. The van der Waals surface area contributed by atoms with Crippen LogP contribution in [0.4, 0.5) is 8.78 Å². The molecule has 0 aliphatic rings. The first kappa shape index (κ1) is 13.6. The van der Waals surface area contributed by atoms with Crippen molar-refractivity contribution < 1.29 is 18.3 Å². The van der Waals surface area contributed by atoms with Crippen LogP contribution in [0.3, 0.4) is 0 Å². The molecule has 1 aromatic heterocycles. The van der Waals surface area contributed by atoms with Crippen LogP contribution in [-0.4, -0.2) is 17.4 Å². The number of aromatic nitrogens is 1. The lowest BCUT2D eigenvalue weighted by molar-refractivity contribution is 0.0912. The van der Waals surface area contributed by atoms with Gasteiger partial charge in [-0.2, -0.15) is 0 Å². The second kappa shape index (κ2) is 5.88. The molecule has 0 bridgehead atoms. The minimum Gasteiger partial charge on any atom is -0.483 e. The highest BCUT2D eigenvalue weighted by Gasteiger charge is 2.17. The Kier molecular flexibility index (Phi) is 4.21. The fourth-order valence-corrected chi connectivity index (χ4v) is 1.82. The summed E-state index contributed by atoms with van der Waals surface area (Å²) >= 11 is 3.14. The second-order valence-electron chi connectivity index (χ2n) is 3.60. The molecule has 0 saturated heterocycles. The third-order valence-electron chi connectivity index (χ3n) is 2.33. The summed E-state index contributed by atoms with van der Waals surface area (Å²) in [6.07, 6.45) is 1.54. The third kappa shape index (κ3) is 3.14. The van der Waals surface area contributed by atoms with Crippen LogP contribution < -0.4 is 4.74 Å². The zero-order valence-corrected chi connectivity index (χ0v) is 11.2. The topological polar surface area (TPSA) is 39.2 Å². The van der Waals surface area contributed by atoms with Gasteiger partial charge in [0.2, 0.25) is 5.78 Å². The molecule has 0 aliphatic heterocycles. The molecule has 0 amide bonds. The van der Waals surface area contributed by atoms with Crippen LogP contribution in [0, 0.1) is 11.6 Å². The normalized spacial score (nSPS) is 10.3. The predicted molar refractivity (Wildman–Crippen MR) is 68.1 cm³/mol. The number of carbonyl (C=O) groups is 1. The smallest absolute Gasteiger partial charge is 0.206 e. The highest BCUT2D eigenvalue weighted by molar-refractivity contribution is 9.10. The Hall–Kier alpha value is -1.82. The summed E-state index contributed by atoms with van der Waals surface area (Å²) in [7, 11) is 0. The Morgan fingerprint density at radius 3 is 2.53 bits per heavy atom. The summed E-state index contributed by atoms with van der Waals surface area (Å²) in [6, 6.07) is 6.45. The van der Waals surface area contributed by atoms with Crippen molar-refractivity contribution in [3.05, 3.63) is 58.3 Å². The minimum absolute atomic E-state index is 0.326. The first-order valence-electron chi connectivity index (χ1n) is 5.30. The number of halogens is 3. The number of carbonyl (C=O) groups excluding carboxylic acids is 1. The van der Waals surface area contributed by atoms with E-state index in [2.05, 4.69) is 20.9 Å². The highest BCUT2D eigenvalue weighted by atomic mass is 79.9. The second-order valence-corrected chi connectivity index (χ2v) is 4.35. The molecule has 0 aliphatic carbocycles. The lowest BCUT2D eigenvalue weighted by Gasteiger charge is -2.07. The largest absolute Gasteiger partial charge is 0.483 e. The van der Waals surface area contributed by atoms with E-state index in [4.69, 9.17) is 4.74 Å². The number of Topliss-reactive ketones (excluding diaryl/α,β-unsaturated/α-hetero) is 1. The Balaban J connectivity index is 2.13. The van der Waals surface area contributed by atoms with Crippen molar-refractivity contribution in [1.29, 1.82) is 0 Å². The van der Waals surface area contributed by atoms with E-state index < -0.39 is 29.6 Å². The van der Waals surface area contributed by atoms with Crippen molar-refractivity contribution in [2.24, 2.45) is 0 Å². The van der Waals surface area contributed by atoms with E-state index in [-0.39, 0.29) is 0 Å². The fourth-order valence-electron chi connectivity index (χ4n) is 1.46. The maximum Gasteiger partial charge on any atom is 0.206 e. The zero-order chi connectivity index (χ0) is 13.8. The van der Waals surface area contributed by atoms with Crippen LogP contribution in [0.5, 0.6) is 5.75 Å². The maximum absolute atomic E-state index is 13.4. The Labute approximate surface area is 116 Å². The molecule has 98 valence electrons. The molecule has 1 aromatic carbocycles. The Bertz CT molecular complexity index is 599. The average molecular weight is 328 g/mol. The van der Waals surface area contributed by atoms with Crippen LogP contribution in [0.25, 0.3) is 0 Å². The molecule has 3 nitrogen and oxygen atoms in total. The number of hydrogen-bond acceptors (Lipinski definition) is 3. The molecule has 0 N–H and O–H groups in total. The summed E-state index contributed by atoms with van der Waals surface area (Å²) in [5.41, 5.74) is -0.595. The number of hydrogen-bond donors (Lipinski definition) is 0. The first-order valence-corrected chi connectivity index (χ1v) is 6.09. The van der Waals surface area contributed by atoms with Crippen molar-refractivity contribution >= 4 is 21.7 Å². The van der Waals surface area contributed by atoms with Gasteiger partial charge in [0.25, 0.3) is 0 Å². The van der Waals surface area contributed by atoms with Gasteiger partial charge in [-0.3, -0.25) is 4.79 Å². The molecule has 0 unspecified atom stereocenters. The van der Waals surface area contributed by atoms with E-state index in [1.807, 2.05) is 0 Å². The Morgan fingerprint density at radius 2 is 1.89 bits per heavy atom. The van der Waals surface area contributed by atoms with E-state index in [0.29, 0.717) is 10.4 Å². The summed E-state index contributed by atoms with van der Waals surface area (Å²) in [4.78, 5) is 15.6. The summed E-state index contributed by atoms with van der Waals surface area (Å²) in [6.45, 7) is -0.470. The van der Waals surface area contributed by atoms with E-state index >= 15 is 0 Å². The van der Waals surface area contributed by atoms with E-state index in [0.717, 1.165) is 12.1 Å². The van der Waals surface area contributed by atoms with Gasteiger partial charge in [-0.1, -0.05) is 6.07 Å². The monoisotopic (exact) mass is 327 g/mol. The quantitative estimate of drug-likeness (QED) is 0.638. The number of ketones is 1. The van der Waals surface area contributed by atoms with E-state index in [1.54, 1.807) is 12.1 Å². The summed E-state index contributed by atoms with van der Waals surface area (Å²) < 4.78 is 32.3. The molecular weight excluding hydrogens is 320 g/mol. The lowest BCUT2D eigenvalue weighted by Crippen LogP contribution is -2.15. The van der Waals surface area contributed by atoms with Crippen molar-refractivity contribution in [2.75, 3.05) is 6.61 Å². The van der Waals surface area contributed by atoms with Gasteiger partial charge in [0.15, 0.2) is 12.4 Å². The molecule has 2 aromatic rings. The molecule has 0 saturated carbocycles. The fraction of sp³-hybridized carbons (Fsp3) is 0.0769. The highest BCUT2D eigenvalue weighted by Crippen LogP contribution is 2.21. The molecule has 0 fully saturated rings. The Morgan fingerprint density at radius 1 is 1.21 bits per heavy atom. The molecule has 0 atom stereocenters. The van der Waals surface area contributed by atoms with Gasteiger partial charge in [-0.25, -0.2) is 13.8 Å².